The van der Waals surface area contributed by atoms with Crippen LogP contribution in [0.4, 0.5) is 5.69 Å². The van der Waals surface area contributed by atoms with Gasteiger partial charge in [-0.2, -0.15) is 0 Å². The SMILES string of the molecule is c1ccc(-c2ccc3oc4ccc5c(c4c3c2)OC(c2ccc(-n3c4ccccc4c4c6ccccc6ccc43)cc2)N5)cc1. The second-order valence-corrected chi connectivity index (χ2v) is 11.8. The molecule has 7 aromatic carbocycles. The van der Waals surface area contributed by atoms with E-state index in [1.165, 1.54) is 38.1 Å². The number of ether oxygens (including phenoxy) is 1. The Bertz CT molecular complexity index is 2590. The van der Waals surface area contributed by atoms with Gasteiger partial charge in [-0.25, -0.2) is 0 Å². The van der Waals surface area contributed by atoms with Crippen molar-refractivity contribution in [3.63, 3.8) is 0 Å². The molecular formula is C41H26N2O2. The van der Waals surface area contributed by atoms with E-state index in [9.17, 15) is 0 Å². The van der Waals surface area contributed by atoms with Crippen LogP contribution < -0.4 is 10.1 Å². The smallest absolute Gasteiger partial charge is 0.196 e. The fourth-order valence-corrected chi connectivity index (χ4v) is 7.14. The Labute approximate surface area is 258 Å². The summed E-state index contributed by atoms with van der Waals surface area (Å²) in [5.74, 6) is 0.833. The third-order valence-corrected chi connectivity index (χ3v) is 9.23. The van der Waals surface area contributed by atoms with Crippen LogP contribution >= 0.6 is 0 Å². The predicted molar refractivity (Wildman–Crippen MR) is 184 cm³/mol. The normalized spacial score (nSPS) is 14.4. The molecule has 0 spiro atoms. The van der Waals surface area contributed by atoms with E-state index >= 15 is 0 Å². The standard InChI is InChI=1S/C41H26N2O2/c1-2-8-25(9-3-1)28-17-22-36-32(24-28)39-37(44-36)23-20-33-40(39)45-41(42-33)27-14-18-29(19-15-27)43-34-13-7-6-12-31(34)38-30-11-5-4-10-26(30)16-21-35(38)43/h1-24,41-42H. The van der Waals surface area contributed by atoms with E-state index in [1.807, 2.05) is 12.1 Å². The van der Waals surface area contributed by atoms with E-state index < -0.39 is 0 Å². The maximum absolute atomic E-state index is 6.66. The minimum absolute atomic E-state index is 0.302. The lowest BCUT2D eigenvalue weighted by molar-refractivity contribution is 0.263. The molecule has 212 valence electrons. The van der Waals surface area contributed by atoms with Gasteiger partial charge in [0.1, 0.15) is 11.2 Å². The third-order valence-electron chi connectivity index (χ3n) is 9.23. The number of nitrogens with zero attached hydrogens (tertiary/aromatic N) is 1. The molecule has 10 rings (SSSR count). The summed E-state index contributed by atoms with van der Waals surface area (Å²) < 4.78 is 15.3. The number of nitrogens with one attached hydrogen (secondary N) is 1. The van der Waals surface area contributed by atoms with Gasteiger partial charge in [0.2, 0.25) is 0 Å². The highest BCUT2D eigenvalue weighted by Crippen LogP contribution is 2.47. The Balaban J connectivity index is 1.05. The average Bonchev–Trinajstić information content (AvgIpc) is 3.80. The molecule has 0 saturated heterocycles. The highest BCUT2D eigenvalue weighted by molar-refractivity contribution is 6.21. The van der Waals surface area contributed by atoms with Gasteiger partial charge in [-0.3, -0.25) is 0 Å². The van der Waals surface area contributed by atoms with Crippen LogP contribution in [0, 0.1) is 0 Å². The van der Waals surface area contributed by atoms with E-state index in [2.05, 4.69) is 143 Å². The summed E-state index contributed by atoms with van der Waals surface area (Å²) in [5, 5.41) is 10.7. The van der Waals surface area contributed by atoms with Gasteiger partial charge in [0.15, 0.2) is 12.0 Å². The van der Waals surface area contributed by atoms with E-state index in [0.717, 1.165) is 50.2 Å². The third kappa shape index (κ3) is 3.60. The first-order chi connectivity index (χ1) is 22.3. The van der Waals surface area contributed by atoms with Gasteiger partial charge in [0.25, 0.3) is 0 Å². The number of rotatable bonds is 3. The maximum atomic E-state index is 6.66. The molecule has 3 heterocycles. The van der Waals surface area contributed by atoms with Crippen molar-refractivity contribution in [2.45, 2.75) is 6.23 Å². The van der Waals surface area contributed by atoms with E-state index in [-0.39, 0.29) is 6.23 Å². The maximum Gasteiger partial charge on any atom is 0.196 e. The van der Waals surface area contributed by atoms with Crippen molar-refractivity contribution in [1.29, 1.82) is 0 Å². The van der Waals surface area contributed by atoms with E-state index in [0.29, 0.717) is 0 Å². The first-order valence-corrected chi connectivity index (χ1v) is 15.3. The van der Waals surface area contributed by atoms with E-state index in [4.69, 9.17) is 9.15 Å². The summed E-state index contributed by atoms with van der Waals surface area (Å²) in [4.78, 5) is 0. The van der Waals surface area contributed by atoms with Crippen molar-refractivity contribution >= 4 is 60.2 Å². The summed E-state index contributed by atoms with van der Waals surface area (Å²) in [5.41, 5.74) is 9.56. The molecule has 1 unspecified atom stereocenters. The second-order valence-electron chi connectivity index (χ2n) is 11.8. The molecule has 4 nitrogen and oxygen atoms in total. The Morgan fingerprint density at radius 1 is 0.533 bits per heavy atom. The van der Waals surface area contributed by atoms with Gasteiger partial charge in [0, 0.05) is 27.4 Å². The molecule has 9 aromatic rings. The monoisotopic (exact) mass is 578 g/mol. The van der Waals surface area contributed by atoms with Gasteiger partial charge in [-0.1, -0.05) is 97.1 Å². The molecule has 0 radical (unpaired) electrons. The largest absolute Gasteiger partial charge is 0.464 e. The molecule has 4 heteroatoms. The fraction of sp³-hybridized carbons (Fsp3) is 0.0244. The summed E-state index contributed by atoms with van der Waals surface area (Å²) in [6.07, 6.45) is -0.302. The molecule has 2 aromatic heterocycles. The van der Waals surface area contributed by atoms with Gasteiger partial charge in [0.05, 0.1) is 22.1 Å². The molecule has 0 bridgehead atoms. The summed E-state index contributed by atoms with van der Waals surface area (Å²) >= 11 is 0. The minimum atomic E-state index is -0.302. The lowest BCUT2D eigenvalue weighted by atomic mass is 10.0. The van der Waals surface area contributed by atoms with Gasteiger partial charge in [-0.05, 0) is 70.4 Å². The molecular weight excluding hydrogens is 552 g/mol. The van der Waals surface area contributed by atoms with Crippen molar-refractivity contribution in [1.82, 2.24) is 4.57 Å². The highest BCUT2D eigenvalue weighted by Gasteiger charge is 2.28. The first kappa shape index (κ1) is 24.4. The molecule has 0 amide bonds. The number of hydrogen-bond acceptors (Lipinski definition) is 3. The molecule has 1 atom stereocenters. The number of aromatic nitrogens is 1. The van der Waals surface area contributed by atoms with Gasteiger partial charge >= 0.3 is 0 Å². The average molecular weight is 579 g/mol. The fourth-order valence-electron chi connectivity index (χ4n) is 7.14. The molecule has 0 fully saturated rings. The number of para-hydroxylation sites is 1. The summed E-state index contributed by atoms with van der Waals surface area (Å²) in [7, 11) is 0. The van der Waals surface area contributed by atoms with Gasteiger partial charge < -0.3 is 19.0 Å². The van der Waals surface area contributed by atoms with Crippen LogP contribution in [0.15, 0.2) is 150 Å². The summed E-state index contributed by atoms with van der Waals surface area (Å²) in [6.45, 7) is 0. The molecule has 45 heavy (non-hydrogen) atoms. The molecule has 1 aliphatic heterocycles. The van der Waals surface area contributed by atoms with Crippen LogP contribution in [0.3, 0.4) is 0 Å². The predicted octanol–water partition coefficient (Wildman–Crippen LogP) is 11.0. The molecule has 1 N–H and O–H groups in total. The number of benzene rings is 7. The van der Waals surface area contributed by atoms with Crippen LogP contribution in [0.2, 0.25) is 0 Å². The number of furan rings is 1. The van der Waals surface area contributed by atoms with Crippen molar-refractivity contribution < 1.29 is 9.15 Å². The Morgan fingerprint density at radius 3 is 2.20 bits per heavy atom. The number of hydrogen-bond donors (Lipinski definition) is 1. The van der Waals surface area contributed by atoms with Crippen LogP contribution in [-0.4, -0.2) is 4.57 Å². The van der Waals surface area contributed by atoms with Crippen LogP contribution in [0.5, 0.6) is 5.75 Å². The zero-order valence-electron chi connectivity index (χ0n) is 24.2. The second kappa shape index (κ2) is 9.25. The zero-order valence-corrected chi connectivity index (χ0v) is 24.2. The highest BCUT2D eigenvalue weighted by atomic mass is 16.5. The minimum Gasteiger partial charge on any atom is -0.464 e. The van der Waals surface area contributed by atoms with Crippen molar-refractivity contribution in [3.8, 4) is 22.6 Å². The lowest BCUT2D eigenvalue weighted by Gasteiger charge is -2.14. The number of anilines is 1. The van der Waals surface area contributed by atoms with Crippen molar-refractivity contribution in [3.05, 3.63) is 151 Å². The van der Waals surface area contributed by atoms with E-state index in [1.54, 1.807) is 0 Å². The number of fused-ring (bicyclic) bond motifs is 10. The topological polar surface area (TPSA) is 39.3 Å². The van der Waals surface area contributed by atoms with Crippen LogP contribution in [0.1, 0.15) is 11.8 Å². The molecule has 0 aliphatic carbocycles. The van der Waals surface area contributed by atoms with Crippen LogP contribution in [0.25, 0.3) is 71.3 Å². The van der Waals surface area contributed by atoms with Crippen molar-refractivity contribution in [2.24, 2.45) is 0 Å². The molecule has 1 aliphatic rings. The van der Waals surface area contributed by atoms with Gasteiger partial charge in [-0.15, -0.1) is 0 Å². The van der Waals surface area contributed by atoms with Crippen molar-refractivity contribution in [2.75, 3.05) is 5.32 Å². The Morgan fingerprint density at radius 2 is 1.31 bits per heavy atom. The zero-order chi connectivity index (χ0) is 29.5. The Hall–Kier alpha value is -6.00. The summed E-state index contributed by atoms with van der Waals surface area (Å²) in [6, 6.07) is 51.4. The first-order valence-electron chi connectivity index (χ1n) is 15.3. The lowest BCUT2D eigenvalue weighted by Crippen LogP contribution is -2.10. The quantitative estimate of drug-likeness (QED) is 0.227. The molecule has 0 saturated carbocycles. The Kier molecular flexibility index (Phi) is 5.02. The van der Waals surface area contributed by atoms with Crippen LogP contribution in [-0.2, 0) is 0 Å².